The van der Waals surface area contributed by atoms with Crippen LogP contribution in [0.3, 0.4) is 0 Å². The van der Waals surface area contributed by atoms with E-state index >= 15 is 0 Å². The normalized spacial score (nSPS) is 23.5. The van der Waals surface area contributed by atoms with E-state index in [1.807, 2.05) is 31.2 Å². The minimum Gasteiger partial charge on any atom is -0.337 e. The Kier molecular flexibility index (Phi) is 6.19. The molecule has 0 radical (unpaired) electrons. The van der Waals surface area contributed by atoms with Gasteiger partial charge in [-0.15, -0.1) is 0 Å². The van der Waals surface area contributed by atoms with Gasteiger partial charge >= 0.3 is 0 Å². The van der Waals surface area contributed by atoms with Gasteiger partial charge in [0.25, 0.3) is 5.91 Å². The molecule has 2 aromatic rings. The highest BCUT2D eigenvalue weighted by atomic mass is 16.2. The highest BCUT2D eigenvalue weighted by molar-refractivity contribution is 6.04. The lowest BCUT2D eigenvalue weighted by Crippen LogP contribution is -2.55. The molecular weight excluding hydrogens is 412 g/mol. The number of piperazine rings is 1. The first-order valence-electron chi connectivity index (χ1n) is 12.4. The second kappa shape index (κ2) is 9.26. The van der Waals surface area contributed by atoms with E-state index in [0.717, 1.165) is 56.7 Å². The predicted octanol–water partition coefficient (Wildman–Crippen LogP) is 4.35. The summed E-state index contributed by atoms with van der Waals surface area (Å²) in [5.41, 5.74) is 4.94. The Morgan fingerprint density at radius 3 is 2.61 bits per heavy atom. The molecule has 1 aromatic heterocycles. The minimum atomic E-state index is -0.119. The molecule has 6 heteroatoms. The average molecular weight is 447 g/mol. The quantitative estimate of drug-likeness (QED) is 0.758. The number of rotatable bonds is 4. The molecule has 1 aromatic carbocycles. The van der Waals surface area contributed by atoms with E-state index in [4.69, 9.17) is 0 Å². The number of aromatic nitrogens is 1. The van der Waals surface area contributed by atoms with Crippen molar-refractivity contribution in [1.29, 1.82) is 0 Å². The maximum Gasteiger partial charge on any atom is 0.257 e. The first-order valence-corrected chi connectivity index (χ1v) is 12.4. The summed E-state index contributed by atoms with van der Waals surface area (Å²) in [7, 11) is 0. The van der Waals surface area contributed by atoms with E-state index in [1.54, 1.807) is 6.20 Å². The summed E-state index contributed by atoms with van der Waals surface area (Å²) < 4.78 is 0. The van der Waals surface area contributed by atoms with Gasteiger partial charge in [-0.25, -0.2) is 0 Å². The average Bonchev–Trinajstić information content (AvgIpc) is 3.50. The van der Waals surface area contributed by atoms with Gasteiger partial charge in [0.2, 0.25) is 5.91 Å². The molecule has 0 bridgehead atoms. The second-order valence-corrected chi connectivity index (χ2v) is 9.93. The van der Waals surface area contributed by atoms with Crippen LogP contribution in [0.1, 0.15) is 72.2 Å². The van der Waals surface area contributed by atoms with Crippen LogP contribution >= 0.6 is 0 Å². The van der Waals surface area contributed by atoms with Crippen LogP contribution in [0, 0.1) is 12.8 Å². The standard InChI is InChI=1S/C27H34N4O2/c1-18-10-11-21(16-28-18)26(32)29-24-9-5-8-23-22(24)12-13-25(23)30-14-15-31(19(2)17-30)27(33)20-6-3-4-7-20/h5,8-11,16,19-20,25H,3-4,6-7,12-15,17H2,1-2H3,(H,29,32). The molecule has 174 valence electrons. The van der Waals surface area contributed by atoms with Crippen molar-refractivity contribution in [2.75, 3.05) is 25.0 Å². The molecule has 2 atom stereocenters. The number of hydrogen-bond acceptors (Lipinski definition) is 4. The predicted molar refractivity (Wildman–Crippen MR) is 129 cm³/mol. The SMILES string of the molecule is Cc1ccc(C(=O)Nc2cccc3c2CCC3N2CCN(C(=O)C3CCCC3)C(C)C2)cn1. The number of anilines is 1. The van der Waals surface area contributed by atoms with E-state index in [2.05, 4.69) is 33.1 Å². The summed E-state index contributed by atoms with van der Waals surface area (Å²) in [5, 5.41) is 3.11. The number of fused-ring (bicyclic) bond motifs is 1. The third-order valence-electron chi connectivity index (χ3n) is 7.75. The third-order valence-corrected chi connectivity index (χ3v) is 7.75. The topological polar surface area (TPSA) is 65.5 Å². The van der Waals surface area contributed by atoms with Crippen LogP contribution < -0.4 is 5.32 Å². The van der Waals surface area contributed by atoms with Gasteiger partial charge in [-0.3, -0.25) is 19.5 Å². The van der Waals surface area contributed by atoms with Crippen LogP contribution in [0.4, 0.5) is 5.69 Å². The smallest absolute Gasteiger partial charge is 0.257 e. The Morgan fingerprint density at radius 1 is 1.06 bits per heavy atom. The van der Waals surface area contributed by atoms with E-state index in [0.29, 0.717) is 17.5 Å². The maximum absolute atomic E-state index is 13.0. The van der Waals surface area contributed by atoms with Crippen molar-refractivity contribution in [2.24, 2.45) is 5.92 Å². The van der Waals surface area contributed by atoms with Crippen molar-refractivity contribution in [3.05, 3.63) is 58.9 Å². The molecule has 6 nitrogen and oxygen atoms in total. The van der Waals surface area contributed by atoms with Crippen LogP contribution in [-0.4, -0.2) is 52.3 Å². The van der Waals surface area contributed by atoms with Crippen molar-refractivity contribution in [3.63, 3.8) is 0 Å². The van der Waals surface area contributed by atoms with Crippen molar-refractivity contribution in [1.82, 2.24) is 14.8 Å². The molecule has 1 aliphatic heterocycles. The first-order chi connectivity index (χ1) is 16.0. The molecule has 2 heterocycles. The van der Waals surface area contributed by atoms with Gasteiger partial charge in [-0.2, -0.15) is 0 Å². The van der Waals surface area contributed by atoms with Crippen molar-refractivity contribution >= 4 is 17.5 Å². The van der Waals surface area contributed by atoms with Gasteiger partial charge in [0.15, 0.2) is 0 Å². The molecule has 5 rings (SSSR count). The molecule has 3 aliphatic rings. The van der Waals surface area contributed by atoms with Crippen LogP contribution in [0.15, 0.2) is 36.5 Å². The molecule has 2 amide bonds. The summed E-state index contributed by atoms with van der Waals surface area (Å²) in [6.07, 6.45) is 8.16. The fourth-order valence-corrected chi connectivity index (χ4v) is 5.93. The molecule has 1 N–H and O–H groups in total. The van der Waals surface area contributed by atoms with Crippen LogP contribution in [0.2, 0.25) is 0 Å². The molecule has 1 saturated heterocycles. The largest absolute Gasteiger partial charge is 0.337 e. The van der Waals surface area contributed by atoms with Crippen LogP contribution in [0.25, 0.3) is 0 Å². The number of pyridine rings is 1. The summed E-state index contributed by atoms with van der Waals surface area (Å²) in [6, 6.07) is 10.5. The summed E-state index contributed by atoms with van der Waals surface area (Å²) in [5.74, 6) is 0.509. The summed E-state index contributed by atoms with van der Waals surface area (Å²) >= 11 is 0. The summed E-state index contributed by atoms with van der Waals surface area (Å²) in [4.78, 5) is 34.7. The van der Waals surface area contributed by atoms with Gasteiger partial charge in [0.05, 0.1) is 5.56 Å². The zero-order valence-corrected chi connectivity index (χ0v) is 19.7. The van der Waals surface area contributed by atoms with Crippen molar-refractivity contribution in [3.8, 4) is 0 Å². The maximum atomic E-state index is 13.0. The molecule has 2 aliphatic carbocycles. The van der Waals surface area contributed by atoms with E-state index in [-0.39, 0.29) is 17.9 Å². The number of aryl methyl sites for hydroxylation is 1. The molecule has 2 unspecified atom stereocenters. The Balaban J connectivity index is 1.27. The van der Waals surface area contributed by atoms with Crippen molar-refractivity contribution < 1.29 is 9.59 Å². The number of amides is 2. The second-order valence-electron chi connectivity index (χ2n) is 9.93. The van der Waals surface area contributed by atoms with Gasteiger partial charge in [-0.05, 0) is 68.9 Å². The van der Waals surface area contributed by atoms with Gasteiger partial charge in [-0.1, -0.05) is 25.0 Å². The first kappa shape index (κ1) is 22.1. The lowest BCUT2D eigenvalue weighted by atomic mass is 10.0. The number of hydrogen-bond donors (Lipinski definition) is 1. The van der Waals surface area contributed by atoms with Gasteiger partial charge in [0, 0.05) is 55.2 Å². The van der Waals surface area contributed by atoms with Crippen molar-refractivity contribution in [2.45, 2.75) is 64.5 Å². The number of carbonyl (C=O) groups excluding carboxylic acids is 2. The zero-order valence-electron chi connectivity index (χ0n) is 19.7. The lowest BCUT2D eigenvalue weighted by molar-refractivity contribution is -0.140. The number of nitrogens with zero attached hydrogens (tertiary/aromatic N) is 3. The Morgan fingerprint density at radius 2 is 1.88 bits per heavy atom. The molecular formula is C27H34N4O2. The van der Waals surface area contributed by atoms with Crippen LogP contribution in [-0.2, 0) is 11.2 Å². The number of nitrogens with one attached hydrogen (secondary N) is 1. The minimum absolute atomic E-state index is 0.119. The zero-order chi connectivity index (χ0) is 22.9. The Hall–Kier alpha value is -2.73. The molecule has 1 saturated carbocycles. The Labute approximate surface area is 196 Å². The van der Waals surface area contributed by atoms with Crippen LogP contribution in [0.5, 0.6) is 0 Å². The fourth-order valence-electron chi connectivity index (χ4n) is 5.93. The number of benzene rings is 1. The highest BCUT2D eigenvalue weighted by Crippen LogP contribution is 2.40. The third kappa shape index (κ3) is 4.41. The van der Waals surface area contributed by atoms with Gasteiger partial charge in [0.1, 0.15) is 0 Å². The fraction of sp³-hybridized carbons (Fsp3) is 0.519. The van der Waals surface area contributed by atoms with E-state index in [9.17, 15) is 9.59 Å². The summed E-state index contributed by atoms with van der Waals surface area (Å²) in [6.45, 7) is 6.75. The molecule has 2 fully saturated rings. The van der Waals surface area contributed by atoms with E-state index < -0.39 is 0 Å². The Bertz CT molecular complexity index is 1030. The molecule has 33 heavy (non-hydrogen) atoms. The lowest BCUT2D eigenvalue weighted by Gasteiger charge is -2.43. The van der Waals surface area contributed by atoms with E-state index in [1.165, 1.54) is 24.0 Å². The highest BCUT2D eigenvalue weighted by Gasteiger charge is 2.37. The number of carbonyl (C=O) groups is 2. The van der Waals surface area contributed by atoms with Gasteiger partial charge < -0.3 is 10.2 Å². The monoisotopic (exact) mass is 446 g/mol. The molecule has 0 spiro atoms.